The van der Waals surface area contributed by atoms with Gasteiger partial charge in [-0.25, -0.2) is 4.68 Å². The Morgan fingerprint density at radius 1 is 1.77 bits per heavy atom. The Balaban J connectivity index is 2.79. The Morgan fingerprint density at radius 3 is 2.92 bits per heavy atom. The van der Waals surface area contributed by atoms with Gasteiger partial charge in [-0.15, -0.1) is 0 Å². The highest BCUT2D eigenvalue weighted by Gasteiger charge is 2.08. The summed E-state index contributed by atoms with van der Waals surface area (Å²) in [5.74, 6) is 1.01. The maximum atomic E-state index is 8.64. The minimum absolute atomic E-state index is 0.461. The highest BCUT2D eigenvalue weighted by molar-refractivity contribution is 5.47. The summed E-state index contributed by atoms with van der Waals surface area (Å²) in [4.78, 5) is 0. The van der Waals surface area contributed by atoms with Crippen LogP contribution in [0.15, 0.2) is 6.20 Å². The van der Waals surface area contributed by atoms with Gasteiger partial charge in [0.1, 0.15) is 17.5 Å². The minimum Gasteiger partial charge on any atom is -0.383 e. The molecular weight excluding hydrogens is 164 g/mol. The lowest BCUT2D eigenvalue weighted by molar-refractivity contribution is 0.443. The van der Waals surface area contributed by atoms with E-state index in [1.165, 1.54) is 6.20 Å². The molecule has 1 aromatic heterocycles. The fourth-order valence-corrected chi connectivity index (χ4v) is 1.05. The summed E-state index contributed by atoms with van der Waals surface area (Å²) in [6, 6.07) is 2.00. The average molecular weight is 178 g/mol. The average Bonchev–Trinajstić information content (AvgIpc) is 2.48. The molecule has 0 aliphatic rings. The summed E-state index contributed by atoms with van der Waals surface area (Å²) in [6.45, 7) is 5.03. The first-order valence-corrected chi connectivity index (χ1v) is 4.40. The van der Waals surface area contributed by atoms with Crippen molar-refractivity contribution in [3.05, 3.63) is 11.8 Å². The van der Waals surface area contributed by atoms with Crippen molar-refractivity contribution in [3.63, 3.8) is 0 Å². The van der Waals surface area contributed by atoms with Crippen molar-refractivity contribution >= 4 is 5.82 Å². The van der Waals surface area contributed by atoms with Gasteiger partial charge in [0.2, 0.25) is 0 Å². The topological polar surface area (TPSA) is 67.6 Å². The van der Waals surface area contributed by atoms with E-state index in [-0.39, 0.29) is 0 Å². The molecule has 0 spiro atoms. The van der Waals surface area contributed by atoms with Crippen LogP contribution < -0.4 is 5.73 Å². The monoisotopic (exact) mass is 178 g/mol. The summed E-state index contributed by atoms with van der Waals surface area (Å²) < 4.78 is 1.69. The zero-order valence-corrected chi connectivity index (χ0v) is 7.99. The second-order valence-electron chi connectivity index (χ2n) is 3.25. The number of aromatic nitrogens is 2. The zero-order chi connectivity index (χ0) is 9.84. The van der Waals surface area contributed by atoms with Crippen molar-refractivity contribution in [1.82, 2.24) is 9.78 Å². The van der Waals surface area contributed by atoms with Crippen LogP contribution in [0.5, 0.6) is 0 Å². The third-order valence-electron chi connectivity index (χ3n) is 2.18. The van der Waals surface area contributed by atoms with Crippen molar-refractivity contribution in [1.29, 1.82) is 5.26 Å². The fraction of sp³-hybridized carbons (Fsp3) is 0.556. The highest BCUT2D eigenvalue weighted by atomic mass is 15.3. The molecule has 1 rings (SSSR count). The van der Waals surface area contributed by atoms with Crippen molar-refractivity contribution < 1.29 is 0 Å². The quantitative estimate of drug-likeness (QED) is 0.760. The molecule has 1 unspecified atom stereocenters. The van der Waals surface area contributed by atoms with Gasteiger partial charge in [0.25, 0.3) is 0 Å². The molecule has 13 heavy (non-hydrogen) atoms. The third kappa shape index (κ3) is 2.00. The second kappa shape index (κ2) is 3.94. The first kappa shape index (κ1) is 9.59. The van der Waals surface area contributed by atoms with E-state index in [0.717, 1.165) is 13.0 Å². The van der Waals surface area contributed by atoms with Gasteiger partial charge in [-0.1, -0.05) is 20.3 Å². The van der Waals surface area contributed by atoms with E-state index in [9.17, 15) is 0 Å². The van der Waals surface area contributed by atoms with Gasteiger partial charge >= 0.3 is 0 Å². The molecule has 0 saturated carbocycles. The fourth-order valence-electron chi connectivity index (χ4n) is 1.05. The second-order valence-corrected chi connectivity index (χ2v) is 3.25. The smallest absolute Gasteiger partial charge is 0.139 e. The van der Waals surface area contributed by atoms with Crippen LogP contribution >= 0.6 is 0 Å². The molecule has 2 N–H and O–H groups in total. The van der Waals surface area contributed by atoms with Crippen LogP contribution in [-0.2, 0) is 6.54 Å². The van der Waals surface area contributed by atoms with Crippen LogP contribution in [0.1, 0.15) is 25.8 Å². The van der Waals surface area contributed by atoms with Gasteiger partial charge in [-0.2, -0.15) is 10.4 Å². The molecule has 0 bridgehead atoms. The Labute approximate surface area is 78.0 Å². The molecule has 0 aliphatic heterocycles. The largest absolute Gasteiger partial charge is 0.383 e. The van der Waals surface area contributed by atoms with Gasteiger partial charge in [0.05, 0.1) is 6.20 Å². The number of hydrogen-bond donors (Lipinski definition) is 1. The van der Waals surface area contributed by atoms with Crippen molar-refractivity contribution in [2.45, 2.75) is 26.8 Å². The van der Waals surface area contributed by atoms with E-state index in [4.69, 9.17) is 11.0 Å². The lowest BCUT2D eigenvalue weighted by Crippen LogP contribution is -2.11. The number of nitriles is 1. The van der Waals surface area contributed by atoms with E-state index >= 15 is 0 Å². The van der Waals surface area contributed by atoms with Crippen LogP contribution in [0.25, 0.3) is 0 Å². The van der Waals surface area contributed by atoms with Crippen molar-refractivity contribution in [2.75, 3.05) is 5.73 Å². The number of nitrogen functional groups attached to an aromatic ring is 1. The third-order valence-corrected chi connectivity index (χ3v) is 2.18. The molecule has 0 saturated heterocycles. The zero-order valence-electron chi connectivity index (χ0n) is 7.99. The van der Waals surface area contributed by atoms with E-state index in [1.54, 1.807) is 4.68 Å². The standard InChI is InChI=1S/C9H14N4/c1-3-7(2)6-13-9(11)8(4-10)5-12-13/h5,7H,3,6,11H2,1-2H3. The first-order chi connectivity index (χ1) is 6.19. The number of rotatable bonds is 3. The molecule has 1 atom stereocenters. The van der Waals surface area contributed by atoms with Gasteiger partial charge in [-0.3, -0.25) is 0 Å². The Bertz CT molecular complexity index is 321. The van der Waals surface area contributed by atoms with Crippen molar-refractivity contribution in [2.24, 2.45) is 5.92 Å². The summed E-state index contributed by atoms with van der Waals surface area (Å²) in [7, 11) is 0. The van der Waals surface area contributed by atoms with E-state index in [0.29, 0.717) is 17.3 Å². The first-order valence-electron chi connectivity index (χ1n) is 4.40. The molecule has 0 aromatic carbocycles. The molecule has 4 heteroatoms. The van der Waals surface area contributed by atoms with Gasteiger partial charge < -0.3 is 5.73 Å². The van der Waals surface area contributed by atoms with Crippen LogP contribution in [-0.4, -0.2) is 9.78 Å². The van der Waals surface area contributed by atoms with E-state index in [1.807, 2.05) is 6.07 Å². The van der Waals surface area contributed by atoms with Crippen LogP contribution in [0, 0.1) is 17.2 Å². The molecule has 1 heterocycles. The summed E-state index contributed by atoms with van der Waals surface area (Å²) in [6.07, 6.45) is 2.60. The number of nitrogens with two attached hydrogens (primary N) is 1. The number of hydrogen-bond acceptors (Lipinski definition) is 3. The Morgan fingerprint density at radius 2 is 2.46 bits per heavy atom. The lowest BCUT2D eigenvalue weighted by atomic mass is 10.1. The maximum absolute atomic E-state index is 8.64. The van der Waals surface area contributed by atoms with E-state index in [2.05, 4.69) is 18.9 Å². The van der Waals surface area contributed by atoms with Crippen LogP contribution in [0.3, 0.4) is 0 Å². The Kier molecular flexibility index (Phi) is 2.91. The number of nitrogens with zero attached hydrogens (tertiary/aromatic N) is 3. The molecular formula is C9H14N4. The SMILES string of the molecule is CCC(C)Cn1ncc(C#N)c1N. The molecule has 4 nitrogen and oxygen atoms in total. The Hall–Kier alpha value is -1.50. The van der Waals surface area contributed by atoms with Crippen LogP contribution in [0.2, 0.25) is 0 Å². The summed E-state index contributed by atoms with van der Waals surface area (Å²) in [5, 5.41) is 12.7. The molecule has 0 amide bonds. The normalized spacial score (nSPS) is 12.4. The van der Waals surface area contributed by atoms with Gasteiger partial charge in [-0.05, 0) is 5.92 Å². The predicted octanol–water partition coefficient (Wildman–Crippen LogP) is 1.38. The molecule has 0 radical (unpaired) electrons. The summed E-state index contributed by atoms with van der Waals surface area (Å²) >= 11 is 0. The maximum Gasteiger partial charge on any atom is 0.139 e. The van der Waals surface area contributed by atoms with E-state index < -0.39 is 0 Å². The molecule has 0 fully saturated rings. The lowest BCUT2D eigenvalue weighted by Gasteiger charge is -2.09. The molecule has 70 valence electrons. The minimum atomic E-state index is 0.461. The van der Waals surface area contributed by atoms with Crippen molar-refractivity contribution in [3.8, 4) is 6.07 Å². The molecule has 1 aromatic rings. The van der Waals surface area contributed by atoms with Gasteiger partial charge in [0.15, 0.2) is 0 Å². The number of anilines is 1. The van der Waals surface area contributed by atoms with Crippen LogP contribution in [0.4, 0.5) is 5.82 Å². The molecule has 0 aliphatic carbocycles. The highest BCUT2D eigenvalue weighted by Crippen LogP contribution is 2.12. The van der Waals surface area contributed by atoms with Gasteiger partial charge in [0, 0.05) is 6.54 Å². The predicted molar refractivity (Wildman–Crippen MR) is 50.8 cm³/mol. The summed E-state index contributed by atoms with van der Waals surface area (Å²) in [5.41, 5.74) is 6.16.